The Bertz CT molecular complexity index is 972. The van der Waals surface area contributed by atoms with Crippen LogP contribution in [0.25, 0.3) is 0 Å². The van der Waals surface area contributed by atoms with E-state index < -0.39 is 6.04 Å². The summed E-state index contributed by atoms with van der Waals surface area (Å²) in [6.07, 6.45) is 7.02. The summed E-state index contributed by atoms with van der Waals surface area (Å²) in [5, 5.41) is 3.22. The summed E-state index contributed by atoms with van der Waals surface area (Å²) in [6, 6.07) is 13.6. The van der Waals surface area contributed by atoms with Crippen molar-refractivity contribution in [1.82, 2.24) is 10.2 Å². The van der Waals surface area contributed by atoms with Gasteiger partial charge in [0.1, 0.15) is 11.8 Å². The quantitative estimate of drug-likeness (QED) is 0.414. The van der Waals surface area contributed by atoms with Gasteiger partial charge >= 0.3 is 0 Å². The van der Waals surface area contributed by atoms with Gasteiger partial charge in [-0.05, 0) is 77.4 Å². The smallest absolute Gasteiger partial charge is 0.261 e. The van der Waals surface area contributed by atoms with Gasteiger partial charge in [0.25, 0.3) is 5.91 Å². The lowest BCUT2D eigenvalue weighted by Gasteiger charge is -2.33. The second-order valence-corrected chi connectivity index (χ2v) is 9.98. The number of carbonyl (C=O) groups is 2. The van der Waals surface area contributed by atoms with Crippen molar-refractivity contribution >= 4 is 27.7 Å². The zero-order valence-corrected chi connectivity index (χ0v) is 22.2. The summed E-state index contributed by atoms with van der Waals surface area (Å²) < 4.78 is 6.73. The molecule has 0 saturated heterocycles. The Morgan fingerprint density at radius 2 is 1.85 bits per heavy atom. The molecule has 1 aliphatic rings. The number of nitrogens with one attached hydrogen (secondary N) is 1. The van der Waals surface area contributed by atoms with Crippen molar-refractivity contribution in [3.8, 4) is 5.75 Å². The largest absolute Gasteiger partial charge is 0.483 e. The van der Waals surface area contributed by atoms with Gasteiger partial charge in [-0.2, -0.15) is 0 Å². The molecule has 1 atom stereocenters. The maximum Gasteiger partial charge on any atom is 0.261 e. The van der Waals surface area contributed by atoms with Gasteiger partial charge in [-0.3, -0.25) is 9.59 Å². The molecule has 3 rings (SSSR count). The molecular weight excluding hydrogens is 492 g/mol. The van der Waals surface area contributed by atoms with Crippen LogP contribution in [-0.4, -0.2) is 35.4 Å². The summed E-state index contributed by atoms with van der Waals surface area (Å²) >= 11 is 3.55. The zero-order valence-electron chi connectivity index (χ0n) is 20.6. The first-order chi connectivity index (χ1) is 16.4. The van der Waals surface area contributed by atoms with Crippen molar-refractivity contribution in [1.29, 1.82) is 0 Å². The van der Waals surface area contributed by atoms with E-state index in [1.807, 2.05) is 56.3 Å². The molecule has 1 fully saturated rings. The van der Waals surface area contributed by atoms with E-state index in [0.717, 1.165) is 47.7 Å². The molecule has 6 heteroatoms. The van der Waals surface area contributed by atoms with Crippen molar-refractivity contribution in [2.75, 3.05) is 6.61 Å². The molecule has 184 valence electrons. The molecule has 0 aliphatic heterocycles. The molecule has 0 bridgehead atoms. The van der Waals surface area contributed by atoms with Gasteiger partial charge in [0.2, 0.25) is 5.91 Å². The van der Waals surface area contributed by atoms with Crippen LogP contribution < -0.4 is 10.1 Å². The van der Waals surface area contributed by atoms with Gasteiger partial charge in [-0.1, -0.05) is 63.4 Å². The molecule has 0 unspecified atom stereocenters. The predicted molar refractivity (Wildman–Crippen MR) is 140 cm³/mol. The fourth-order valence-corrected chi connectivity index (χ4v) is 5.08. The fraction of sp³-hybridized carbons (Fsp3) is 0.500. The van der Waals surface area contributed by atoms with Gasteiger partial charge in [-0.15, -0.1) is 0 Å². The van der Waals surface area contributed by atoms with Gasteiger partial charge in [-0.25, -0.2) is 0 Å². The lowest BCUT2D eigenvalue weighted by molar-refractivity contribution is -0.143. The Morgan fingerprint density at radius 1 is 1.12 bits per heavy atom. The summed E-state index contributed by atoms with van der Waals surface area (Å²) in [4.78, 5) is 28.5. The minimum atomic E-state index is -0.538. The molecule has 34 heavy (non-hydrogen) atoms. The molecule has 5 nitrogen and oxygen atoms in total. The second kappa shape index (κ2) is 12.9. The van der Waals surface area contributed by atoms with Gasteiger partial charge in [0, 0.05) is 12.6 Å². The van der Waals surface area contributed by atoms with Crippen LogP contribution in [-0.2, 0) is 22.6 Å². The van der Waals surface area contributed by atoms with Crippen LogP contribution in [0, 0.1) is 6.92 Å². The highest BCUT2D eigenvalue weighted by Gasteiger charge is 2.31. The predicted octanol–water partition coefficient (Wildman–Crippen LogP) is 5.96. The number of hydrogen-bond donors (Lipinski definition) is 1. The first-order valence-corrected chi connectivity index (χ1v) is 13.3. The highest BCUT2D eigenvalue weighted by Crippen LogP contribution is 2.27. The van der Waals surface area contributed by atoms with Crippen LogP contribution in [0.1, 0.15) is 69.1 Å². The van der Waals surface area contributed by atoms with Crippen molar-refractivity contribution in [3.05, 3.63) is 63.6 Å². The zero-order chi connectivity index (χ0) is 24.5. The number of rotatable bonds is 10. The number of hydrogen-bond acceptors (Lipinski definition) is 3. The van der Waals surface area contributed by atoms with Crippen molar-refractivity contribution in [3.63, 3.8) is 0 Å². The third kappa shape index (κ3) is 7.08. The van der Waals surface area contributed by atoms with Crippen LogP contribution in [0.15, 0.2) is 46.9 Å². The average molecular weight is 530 g/mol. The number of aryl methyl sites for hydroxylation is 2. The molecular formula is C28H37BrN2O3. The SMILES string of the molecule is CCc1ccc(OCC(=O)N(Cc2ccccc2C)[C@@H](CC)C(=O)NC2CCCCC2)c(Br)c1. The van der Waals surface area contributed by atoms with Crippen LogP contribution in [0.4, 0.5) is 0 Å². The maximum atomic E-state index is 13.5. The Hall–Kier alpha value is -2.34. The molecule has 0 spiro atoms. The van der Waals surface area contributed by atoms with E-state index in [9.17, 15) is 9.59 Å². The van der Waals surface area contributed by atoms with Gasteiger partial charge < -0.3 is 15.0 Å². The van der Waals surface area contributed by atoms with E-state index in [0.29, 0.717) is 18.7 Å². The highest BCUT2D eigenvalue weighted by molar-refractivity contribution is 9.10. The molecule has 1 aliphatic carbocycles. The normalized spacial score (nSPS) is 14.9. The Balaban J connectivity index is 1.77. The van der Waals surface area contributed by atoms with Crippen LogP contribution >= 0.6 is 15.9 Å². The fourth-order valence-electron chi connectivity index (χ4n) is 4.54. The van der Waals surface area contributed by atoms with Crippen molar-refractivity contribution in [2.45, 2.75) is 84.3 Å². The van der Waals surface area contributed by atoms with E-state index in [2.05, 4.69) is 28.2 Å². The lowest BCUT2D eigenvalue weighted by Crippen LogP contribution is -2.52. The molecule has 1 saturated carbocycles. The Kier molecular flexibility index (Phi) is 10.00. The number of nitrogens with zero attached hydrogens (tertiary/aromatic N) is 1. The Morgan fingerprint density at radius 3 is 2.50 bits per heavy atom. The molecule has 1 N–H and O–H groups in total. The standard InChI is InChI=1S/C28H37BrN2O3/c1-4-21-15-16-26(24(29)17-21)34-19-27(32)31(18-22-12-10-9-11-20(22)3)25(5-2)28(33)30-23-13-7-6-8-14-23/h9-12,15-17,23,25H,4-8,13-14,18-19H2,1-3H3,(H,30,33)/t25-/m0/s1. The maximum absolute atomic E-state index is 13.5. The summed E-state index contributed by atoms with van der Waals surface area (Å²) in [7, 11) is 0. The summed E-state index contributed by atoms with van der Waals surface area (Å²) in [5.41, 5.74) is 3.33. The summed E-state index contributed by atoms with van der Waals surface area (Å²) in [5.74, 6) is 0.367. The third-order valence-corrected chi connectivity index (χ3v) is 7.31. The molecule has 0 aromatic heterocycles. The number of halogens is 1. The minimum absolute atomic E-state index is 0.0650. The van der Waals surface area contributed by atoms with E-state index in [1.165, 1.54) is 12.0 Å². The minimum Gasteiger partial charge on any atom is -0.483 e. The second-order valence-electron chi connectivity index (χ2n) is 9.12. The molecule has 2 aromatic rings. The average Bonchev–Trinajstić information content (AvgIpc) is 2.84. The topological polar surface area (TPSA) is 58.6 Å². The van der Waals surface area contributed by atoms with E-state index >= 15 is 0 Å². The number of benzene rings is 2. The number of amides is 2. The lowest BCUT2D eigenvalue weighted by atomic mass is 9.95. The molecule has 2 aromatic carbocycles. The van der Waals surface area contributed by atoms with E-state index in [1.54, 1.807) is 4.90 Å². The first kappa shape index (κ1) is 26.3. The molecule has 2 amide bonds. The third-order valence-electron chi connectivity index (χ3n) is 6.70. The monoisotopic (exact) mass is 528 g/mol. The molecule has 0 heterocycles. The van der Waals surface area contributed by atoms with Gasteiger partial charge in [0.15, 0.2) is 6.61 Å². The first-order valence-electron chi connectivity index (χ1n) is 12.5. The van der Waals surface area contributed by atoms with Crippen molar-refractivity contribution in [2.24, 2.45) is 0 Å². The Labute approximate surface area is 212 Å². The van der Waals surface area contributed by atoms with Gasteiger partial charge in [0.05, 0.1) is 4.47 Å². The van der Waals surface area contributed by atoms with E-state index in [4.69, 9.17) is 4.74 Å². The number of ether oxygens (including phenoxy) is 1. The van der Waals surface area contributed by atoms with Crippen LogP contribution in [0.2, 0.25) is 0 Å². The highest BCUT2D eigenvalue weighted by atomic mass is 79.9. The molecule has 0 radical (unpaired) electrons. The van der Waals surface area contributed by atoms with E-state index in [-0.39, 0.29) is 24.5 Å². The van der Waals surface area contributed by atoms with Crippen LogP contribution in [0.5, 0.6) is 5.75 Å². The summed E-state index contributed by atoms with van der Waals surface area (Å²) in [6.45, 7) is 6.34. The number of carbonyl (C=O) groups excluding carboxylic acids is 2. The van der Waals surface area contributed by atoms with Crippen LogP contribution in [0.3, 0.4) is 0 Å². The van der Waals surface area contributed by atoms with Crippen molar-refractivity contribution < 1.29 is 14.3 Å².